The Labute approximate surface area is 148 Å². The molecule has 0 aliphatic rings. The third-order valence-electron chi connectivity index (χ3n) is 3.76. The molecule has 0 saturated carbocycles. The normalized spacial score (nSPS) is 13.1. The monoisotopic (exact) mass is 343 g/mol. The Morgan fingerprint density at radius 2 is 1.75 bits per heavy atom. The molecule has 0 radical (unpaired) electrons. The van der Waals surface area contributed by atoms with Crippen LogP contribution in [0, 0.1) is 0 Å². The lowest BCUT2D eigenvalue weighted by atomic mass is 10.1. The molecule has 0 aliphatic carbocycles. The summed E-state index contributed by atoms with van der Waals surface area (Å²) < 4.78 is 5.44. The van der Waals surface area contributed by atoms with Gasteiger partial charge in [0.25, 0.3) is 0 Å². The molecule has 4 heteroatoms. The Morgan fingerprint density at radius 3 is 2.38 bits per heavy atom. The van der Waals surface area contributed by atoms with E-state index in [2.05, 4.69) is 17.4 Å². The Bertz CT molecular complexity index is 628. The highest BCUT2D eigenvalue weighted by atomic mass is 32.2. The summed E-state index contributed by atoms with van der Waals surface area (Å²) in [4.78, 5) is 12.4. The summed E-state index contributed by atoms with van der Waals surface area (Å²) in [5.41, 5.74) is 2.31. The van der Waals surface area contributed by atoms with Crippen molar-refractivity contribution in [3.8, 4) is 5.75 Å². The van der Waals surface area contributed by atoms with Crippen molar-refractivity contribution in [2.45, 2.75) is 37.8 Å². The number of thioether (sulfide) groups is 1. The number of nitrogens with one attached hydrogen (secondary N) is 1. The van der Waals surface area contributed by atoms with Gasteiger partial charge in [-0.05, 0) is 44.0 Å². The zero-order valence-corrected chi connectivity index (χ0v) is 15.3. The first-order valence-corrected chi connectivity index (χ1v) is 9.33. The predicted molar refractivity (Wildman–Crippen MR) is 101 cm³/mol. The average molecular weight is 343 g/mol. The van der Waals surface area contributed by atoms with Crippen molar-refractivity contribution < 1.29 is 9.53 Å². The van der Waals surface area contributed by atoms with Crippen molar-refractivity contribution in [3.63, 3.8) is 0 Å². The lowest BCUT2D eigenvalue weighted by Gasteiger charge is -2.18. The first-order valence-electron chi connectivity index (χ1n) is 8.28. The second-order valence-electron chi connectivity index (χ2n) is 5.67. The van der Waals surface area contributed by atoms with Crippen LogP contribution >= 0.6 is 11.8 Å². The molecule has 1 N–H and O–H groups in total. The number of hydrogen-bond donors (Lipinski definition) is 1. The first kappa shape index (κ1) is 18.4. The van der Waals surface area contributed by atoms with Crippen LogP contribution in [0.5, 0.6) is 5.75 Å². The maximum Gasteiger partial charge on any atom is 0.233 e. The molecule has 0 fully saturated rings. The number of carbonyl (C=O) groups excluding carboxylic acids is 1. The van der Waals surface area contributed by atoms with E-state index in [-0.39, 0.29) is 17.2 Å². The van der Waals surface area contributed by atoms with Crippen LogP contribution in [-0.2, 0) is 10.5 Å². The molecule has 0 bridgehead atoms. The molecule has 0 saturated heterocycles. The molecule has 2 aromatic carbocycles. The van der Waals surface area contributed by atoms with Gasteiger partial charge >= 0.3 is 0 Å². The van der Waals surface area contributed by atoms with Gasteiger partial charge in [0.1, 0.15) is 5.75 Å². The molecule has 2 rings (SSSR count). The quantitative estimate of drug-likeness (QED) is 0.762. The van der Waals surface area contributed by atoms with E-state index in [1.54, 1.807) is 11.8 Å². The lowest BCUT2D eigenvalue weighted by Crippen LogP contribution is -2.33. The minimum Gasteiger partial charge on any atom is -0.494 e. The fourth-order valence-corrected chi connectivity index (χ4v) is 3.16. The highest BCUT2D eigenvalue weighted by molar-refractivity contribution is 7.99. The summed E-state index contributed by atoms with van der Waals surface area (Å²) >= 11 is 1.65. The van der Waals surface area contributed by atoms with E-state index in [9.17, 15) is 4.79 Å². The number of hydrogen-bond acceptors (Lipinski definition) is 3. The summed E-state index contributed by atoms with van der Waals surface area (Å²) in [6.45, 7) is 6.57. The average Bonchev–Trinajstić information content (AvgIpc) is 2.61. The third-order valence-corrected chi connectivity index (χ3v) is 4.98. The van der Waals surface area contributed by atoms with Crippen molar-refractivity contribution in [2.24, 2.45) is 0 Å². The Morgan fingerprint density at radius 1 is 1.08 bits per heavy atom. The molecule has 128 valence electrons. The molecule has 0 aliphatic heterocycles. The number of amides is 1. The van der Waals surface area contributed by atoms with Crippen molar-refractivity contribution in [1.29, 1.82) is 0 Å². The molecule has 0 spiro atoms. The van der Waals surface area contributed by atoms with Gasteiger partial charge in [-0.1, -0.05) is 42.5 Å². The minimum absolute atomic E-state index is 0.0204. The van der Waals surface area contributed by atoms with Crippen LogP contribution in [0.1, 0.15) is 37.9 Å². The highest BCUT2D eigenvalue weighted by Gasteiger charge is 2.16. The molecule has 0 heterocycles. The van der Waals surface area contributed by atoms with Crippen molar-refractivity contribution in [2.75, 3.05) is 6.61 Å². The highest BCUT2D eigenvalue weighted by Crippen LogP contribution is 2.21. The molecule has 0 aromatic heterocycles. The molecule has 0 unspecified atom stereocenters. The predicted octanol–water partition coefficient (Wildman–Crippen LogP) is 4.58. The van der Waals surface area contributed by atoms with Gasteiger partial charge < -0.3 is 10.1 Å². The van der Waals surface area contributed by atoms with Gasteiger partial charge in [-0.2, -0.15) is 0 Å². The van der Waals surface area contributed by atoms with E-state index in [0.29, 0.717) is 6.61 Å². The summed E-state index contributed by atoms with van der Waals surface area (Å²) in [5, 5.41) is 3.00. The molecular formula is C20H25NO2S. The molecular weight excluding hydrogens is 318 g/mol. The zero-order valence-electron chi connectivity index (χ0n) is 14.5. The molecule has 24 heavy (non-hydrogen) atoms. The van der Waals surface area contributed by atoms with Gasteiger partial charge in [0.05, 0.1) is 17.9 Å². The zero-order chi connectivity index (χ0) is 17.4. The fourth-order valence-electron chi connectivity index (χ4n) is 2.30. The van der Waals surface area contributed by atoms with Crippen LogP contribution in [0.15, 0.2) is 54.6 Å². The van der Waals surface area contributed by atoms with Crippen molar-refractivity contribution in [3.05, 3.63) is 65.7 Å². The van der Waals surface area contributed by atoms with E-state index >= 15 is 0 Å². The molecule has 3 nitrogen and oxygen atoms in total. The van der Waals surface area contributed by atoms with Crippen LogP contribution in [0.4, 0.5) is 0 Å². The Balaban J connectivity index is 1.83. The molecule has 2 atom stereocenters. The maximum atomic E-state index is 12.4. The number of rotatable bonds is 8. The minimum atomic E-state index is -0.0876. The van der Waals surface area contributed by atoms with E-state index in [4.69, 9.17) is 4.74 Å². The summed E-state index contributed by atoms with van der Waals surface area (Å²) in [5.74, 6) is 1.76. The second kappa shape index (κ2) is 9.38. The van der Waals surface area contributed by atoms with Gasteiger partial charge in [0, 0.05) is 5.75 Å². The summed E-state index contributed by atoms with van der Waals surface area (Å²) in [6.07, 6.45) is 0. The molecule has 2 aromatic rings. The Hall–Kier alpha value is -1.94. The summed E-state index contributed by atoms with van der Waals surface area (Å²) in [7, 11) is 0. The number of benzene rings is 2. The first-order chi connectivity index (χ1) is 11.6. The van der Waals surface area contributed by atoms with Crippen LogP contribution < -0.4 is 10.1 Å². The smallest absolute Gasteiger partial charge is 0.233 e. The van der Waals surface area contributed by atoms with Crippen molar-refractivity contribution >= 4 is 17.7 Å². The number of carbonyl (C=O) groups is 1. The van der Waals surface area contributed by atoms with Crippen LogP contribution in [-0.4, -0.2) is 17.8 Å². The lowest BCUT2D eigenvalue weighted by molar-refractivity contribution is -0.120. The van der Waals surface area contributed by atoms with Gasteiger partial charge in [0.2, 0.25) is 5.91 Å². The van der Waals surface area contributed by atoms with E-state index in [1.807, 2.05) is 63.2 Å². The molecule has 1 amide bonds. The number of ether oxygens (including phenoxy) is 1. The van der Waals surface area contributed by atoms with Crippen LogP contribution in [0.25, 0.3) is 0 Å². The van der Waals surface area contributed by atoms with Crippen LogP contribution in [0.2, 0.25) is 0 Å². The maximum absolute atomic E-state index is 12.4. The van der Waals surface area contributed by atoms with E-state index in [1.165, 1.54) is 5.56 Å². The van der Waals surface area contributed by atoms with Crippen LogP contribution in [0.3, 0.4) is 0 Å². The van der Waals surface area contributed by atoms with E-state index in [0.717, 1.165) is 17.1 Å². The second-order valence-corrected chi connectivity index (χ2v) is 7.00. The summed E-state index contributed by atoms with van der Waals surface area (Å²) in [6, 6.07) is 18.1. The topological polar surface area (TPSA) is 38.3 Å². The third kappa shape index (κ3) is 5.60. The largest absolute Gasteiger partial charge is 0.494 e. The fraction of sp³-hybridized carbons (Fsp3) is 0.350. The van der Waals surface area contributed by atoms with E-state index < -0.39 is 0 Å². The Kier molecular flexibility index (Phi) is 7.19. The SMILES string of the molecule is CCOc1ccc([C@@H](C)NC(=O)[C@@H](C)SCc2ccccc2)cc1. The standard InChI is InChI=1S/C20H25NO2S/c1-4-23-19-12-10-18(11-13-19)15(2)21-20(22)16(3)24-14-17-8-6-5-7-9-17/h5-13,15-16H,4,14H2,1-3H3,(H,21,22)/t15-,16-/m1/s1. The van der Waals surface area contributed by atoms with Gasteiger partial charge in [-0.3, -0.25) is 4.79 Å². The van der Waals surface area contributed by atoms with Crippen molar-refractivity contribution in [1.82, 2.24) is 5.32 Å². The van der Waals surface area contributed by atoms with Gasteiger partial charge in [0.15, 0.2) is 0 Å². The van der Waals surface area contributed by atoms with Gasteiger partial charge in [-0.15, -0.1) is 11.8 Å². The van der Waals surface area contributed by atoms with Gasteiger partial charge in [-0.25, -0.2) is 0 Å².